The maximum atomic E-state index is 12.5. The lowest BCUT2D eigenvalue weighted by atomic mass is 10.2. The highest BCUT2D eigenvalue weighted by molar-refractivity contribution is 5.94. The highest BCUT2D eigenvalue weighted by Gasteiger charge is 2.18. The predicted molar refractivity (Wildman–Crippen MR) is 82.8 cm³/mol. The van der Waals surface area contributed by atoms with Crippen LogP contribution in [0.1, 0.15) is 28.9 Å². The van der Waals surface area contributed by atoms with Crippen LogP contribution in [-0.2, 0) is 0 Å². The fourth-order valence-corrected chi connectivity index (χ4v) is 2.40. The Morgan fingerprint density at radius 2 is 2.24 bits per heavy atom. The Balaban J connectivity index is 2.01. The van der Waals surface area contributed by atoms with Gasteiger partial charge < -0.3 is 15.5 Å². The van der Waals surface area contributed by atoms with Gasteiger partial charge in [-0.3, -0.25) is 4.79 Å². The van der Waals surface area contributed by atoms with E-state index in [0.717, 1.165) is 19.6 Å². The molecule has 112 valence electrons. The van der Waals surface area contributed by atoms with Crippen LogP contribution in [0.5, 0.6) is 0 Å². The van der Waals surface area contributed by atoms with Crippen LogP contribution < -0.4 is 5.73 Å². The molecule has 2 heterocycles. The highest BCUT2D eigenvalue weighted by atomic mass is 16.2. The van der Waals surface area contributed by atoms with E-state index >= 15 is 0 Å². The zero-order valence-corrected chi connectivity index (χ0v) is 12.5. The molecule has 1 aromatic rings. The van der Waals surface area contributed by atoms with Crippen molar-refractivity contribution >= 4 is 5.91 Å². The van der Waals surface area contributed by atoms with Crippen molar-refractivity contribution in [2.45, 2.75) is 12.8 Å². The van der Waals surface area contributed by atoms with Crippen LogP contribution >= 0.6 is 0 Å². The van der Waals surface area contributed by atoms with Crippen LogP contribution in [-0.4, -0.2) is 60.5 Å². The monoisotopic (exact) mass is 286 g/mol. The predicted octanol–water partition coefficient (Wildman–Crippen LogP) is 0.560. The fraction of sp³-hybridized carbons (Fsp3) is 0.500. The maximum absolute atomic E-state index is 12.5. The summed E-state index contributed by atoms with van der Waals surface area (Å²) in [6.07, 6.45) is 4.14. The summed E-state index contributed by atoms with van der Waals surface area (Å²) < 4.78 is 0. The molecule has 0 bridgehead atoms. The number of hydrogen-bond donors (Lipinski definition) is 1. The van der Waals surface area contributed by atoms with Gasteiger partial charge in [-0.2, -0.15) is 0 Å². The van der Waals surface area contributed by atoms with E-state index in [-0.39, 0.29) is 12.5 Å². The number of carbonyl (C=O) groups excluding carboxylic acids is 1. The number of carbonyl (C=O) groups is 1. The molecular weight excluding hydrogens is 264 g/mol. The van der Waals surface area contributed by atoms with E-state index in [1.807, 2.05) is 7.05 Å². The Morgan fingerprint density at radius 1 is 1.48 bits per heavy atom. The fourth-order valence-electron chi connectivity index (χ4n) is 2.40. The van der Waals surface area contributed by atoms with Gasteiger partial charge >= 0.3 is 0 Å². The summed E-state index contributed by atoms with van der Waals surface area (Å²) in [7, 11) is 1.81. The normalized spacial score (nSPS) is 14.6. The molecule has 5 nitrogen and oxygen atoms in total. The van der Waals surface area contributed by atoms with Crippen LogP contribution in [0.3, 0.4) is 0 Å². The Morgan fingerprint density at radius 3 is 2.95 bits per heavy atom. The summed E-state index contributed by atoms with van der Waals surface area (Å²) in [5, 5.41) is 0. The first-order chi connectivity index (χ1) is 10.2. The molecule has 0 spiro atoms. The Hall–Kier alpha value is -1.90. The first-order valence-electron chi connectivity index (χ1n) is 7.34. The van der Waals surface area contributed by atoms with Gasteiger partial charge in [0.1, 0.15) is 5.69 Å². The molecular formula is C16H22N4O. The summed E-state index contributed by atoms with van der Waals surface area (Å²) >= 11 is 0. The molecule has 0 saturated carbocycles. The van der Waals surface area contributed by atoms with Crippen molar-refractivity contribution in [1.29, 1.82) is 0 Å². The number of aromatic nitrogens is 1. The minimum absolute atomic E-state index is 0.0869. The van der Waals surface area contributed by atoms with Crippen molar-refractivity contribution in [3.63, 3.8) is 0 Å². The third-order valence-electron chi connectivity index (χ3n) is 3.63. The number of rotatable bonds is 4. The third-order valence-corrected chi connectivity index (χ3v) is 3.63. The third kappa shape index (κ3) is 4.28. The second-order valence-electron chi connectivity index (χ2n) is 5.18. The van der Waals surface area contributed by atoms with Crippen molar-refractivity contribution in [2.75, 3.05) is 39.8 Å². The van der Waals surface area contributed by atoms with E-state index in [9.17, 15) is 4.79 Å². The first kappa shape index (κ1) is 15.5. The van der Waals surface area contributed by atoms with Crippen LogP contribution in [0.15, 0.2) is 18.3 Å². The van der Waals surface area contributed by atoms with Crippen LogP contribution in [0.4, 0.5) is 0 Å². The molecule has 0 atom stereocenters. The van der Waals surface area contributed by atoms with Crippen LogP contribution in [0, 0.1) is 11.8 Å². The minimum Gasteiger partial charge on any atom is -0.339 e. The molecule has 1 aromatic heterocycles. The first-order valence-corrected chi connectivity index (χ1v) is 7.34. The van der Waals surface area contributed by atoms with Gasteiger partial charge in [0.15, 0.2) is 0 Å². The maximum Gasteiger partial charge on any atom is 0.273 e. The molecule has 5 heteroatoms. The average molecular weight is 286 g/mol. The number of likely N-dealkylation sites (N-methyl/N-ethyl adjacent to an activating group) is 1. The quantitative estimate of drug-likeness (QED) is 0.822. The van der Waals surface area contributed by atoms with Crippen LogP contribution in [0.2, 0.25) is 0 Å². The van der Waals surface area contributed by atoms with E-state index in [1.54, 1.807) is 23.2 Å². The van der Waals surface area contributed by atoms with Gasteiger partial charge in [-0.1, -0.05) is 11.8 Å². The molecule has 21 heavy (non-hydrogen) atoms. The lowest BCUT2D eigenvalue weighted by Crippen LogP contribution is -2.35. The largest absolute Gasteiger partial charge is 0.339 e. The molecule has 0 radical (unpaired) electrons. The Kier molecular flexibility index (Phi) is 5.73. The van der Waals surface area contributed by atoms with Gasteiger partial charge in [-0.05, 0) is 38.1 Å². The number of amides is 1. The molecule has 0 unspecified atom stereocenters. The van der Waals surface area contributed by atoms with Gasteiger partial charge in [0.25, 0.3) is 5.91 Å². The molecule has 2 N–H and O–H groups in total. The molecule has 2 rings (SSSR count). The SMILES string of the molecule is CN(CCN1CCCC1)C(=O)c1ncccc1C#CCN. The van der Waals surface area contributed by atoms with E-state index in [4.69, 9.17) is 5.73 Å². The average Bonchev–Trinajstić information content (AvgIpc) is 3.03. The second-order valence-corrected chi connectivity index (χ2v) is 5.18. The zero-order chi connectivity index (χ0) is 15.1. The number of likely N-dealkylation sites (tertiary alicyclic amines) is 1. The lowest BCUT2D eigenvalue weighted by Gasteiger charge is -2.21. The summed E-state index contributed by atoms with van der Waals surface area (Å²) in [5.41, 5.74) is 6.43. The molecule has 1 fully saturated rings. The lowest BCUT2D eigenvalue weighted by molar-refractivity contribution is 0.0776. The Labute approximate surface area is 126 Å². The summed E-state index contributed by atoms with van der Waals surface area (Å²) in [6, 6.07) is 3.58. The van der Waals surface area contributed by atoms with E-state index < -0.39 is 0 Å². The Bertz CT molecular complexity index is 541. The number of hydrogen-bond acceptors (Lipinski definition) is 4. The molecule has 1 aliphatic heterocycles. The van der Waals surface area contributed by atoms with Gasteiger partial charge in [0.2, 0.25) is 0 Å². The van der Waals surface area contributed by atoms with E-state index in [2.05, 4.69) is 21.7 Å². The van der Waals surface area contributed by atoms with Crippen LogP contribution in [0.25, 0.3) is 0 Å². The molecule has 0 aliphatic carbocycles. The van der Waals surface area contributed by atoms with E-state index in [0.29, 0.717) is 17.8 Å². The molecule has 0 aromatic carbocycles. The molecule has 1 amide bonds. The topological polar surface area (TPSA) is 62.5 Å². The number of nitrogens with zero attached hydrogens (tertiary/aromatic N) is 3. The zero-order valence-electron chi connectivity index (χ0n) is 12.5. The van der Waals surface area contributed by atoms with Gasteiger partial charge in [-0.25, -0.2) is 4.98 Å². The van der Waals surface area contributed by atoms with Crippen molar-refractivity contribution in [2.24, 2.45) is 5.73 Å². The highest BCUT2D eigenvalue weighted by Crippen LogP contribution is 2.09. The van der Waals surface area contributed by atoms with Gasteiger partial charge in [0.05, 0.1) is 12.1 Å². The van der Waals surface area contributed by atoms with E-state index in [1.165, 1.54) is 12.8 Å². The summed E-state index contributed by atoms with van der Waals surface area (Å²) in [6.45, 7) is 4.17. The second kappa shape index (κ2) is 7.77. The molecule has 1 aliphatic rings. The van der Waals surface area contributed by atoms with Gasteiger partial charge in [-0.15, -0.1) is 0 Å². The minimum atomic E-state index is -0.0869. The van der Waals surface area contributed by atoms with Crippen molar-refractivity contribution in [3.8, 4) is 11.8 Å². The standard InChI is InChI=1S/C16H22N4O/c1-19(12-13-20-10-2-3-11-20)16(21)15-14(6-4-8-17)7-5-9-18-15/h5,7,9H,2-3,8,10-13,17H2,1H3. The summed E-state index contributed by atoms with van der Waals surface area (Å²) in [4.78, 5) is 20.8. The smallest absolute Gasteiger partial charge is 0.273 e. The van der Waals surface area contributed by atoms with Crippen molar-refractivity contribution in [3.05, 3.63) is 29.6 Å². The summed E-state index contributed by atoms with van der Waals surface area (Å²) in [5.74, 6) is 5.60. The number of pyridine rings is 1. The van der Waals surface area contributed by atoms with Crippen molar-refractivity contribution in [1.82, 2.24) is 14.8 Å². The molecule has 1 saturated heterocycles. The number of nitrogens with two attached hydrogens (primary N) is 1. The van der Waals surface area contributed by atoms with Gasteiger partial charge in [0, 0.05) is 26.3 Å². The van der Waals surface area contributed by atoms with Crippen molar-refractivity contribution < 1.29 is 4.79 Å².